The van der Waals surface area contributed by atoms with E-state index in [0.29, 0.717) is 35.3 Å². The van der Waals surface area contributed by atoms with E-state index in [4.69, 9.17) is 27.9 Å². The Bertz CT molecular complexity index is 991. The Morgan fingerprint density at radius 1 is 0.893 bits per heavy atom. The van der Waals surface area contributed by atoms with Crippen LogP contribution in [0.2, 0.25) is 10.0 Å². The summed E-state index contributed by atoms with van der Waals surface area (Å²) in [6, 6.07) is 22.9. The predicted molar refractivity (Wildman–Crippen MR) is 113 cm³/mol. The molecule has 5 heteroatoms. The molecular formula is C23H19Cl2NO2. The number of hydrogen-bond acceptors (Lipinski definition) is 2. The van der Waals surface area contributed by atoms with Crippen LogP contribution in [0.25, 0.3) is 11.1 Å². The van der Waals surface area contributed by atoms with Gasteiger partial charge in [-0.1, -0.05) is 77.8 Å². The van der Waals surface area contributed by atoms with Crippen LogP contribution in [-0.2, 0) is 4.74 Å². The molecule has 0 aliphatic carbocycles. The van der Waals surface area contributed by atoms with E-state index in [1.165, 1.54) is 0 Å². The number of rotatable bonds is 3. The molecular weight excluding hydrogens is 393 g/mol. The molecule has 0 aromatic heterocycles. The van der Waals surface area contributed by atoms with Crippen molar-refractivity contribution in [2.75, 3.05) is 19.7 Å². The van der Waals surface area contributed by atoms with Crippen molar-refractivity contribution in [2.24, 2.45) is 0 Å². The maximum atomic E-state index is 13.0. The number of carbonyl (C=O) groups excluding carboxylic acids is 1. The second-order valence-electron chi connectivity index (χ2n) is 6.70. The molecule has 4 rings (SSSR count). The highest BCUT2D eigenvalue weighted by molar-refractivity contribution is 6.36. The summed E-state index contributed by atoms with van der Waals surface area (Å²) in [7, 11) is 0. The molecule has 3 aromatic carbocycles. The highest BCUT2D eigenvalue weighted by atomic mass is 35.5. The molecule has 1 atom stereocenters. The first-order valence-electron chi connectivity index (χ1n) is 9.14. The van der Waals surface area contributed by atoms with E-state index in [9.17, 15) is 4.79 Å². The molecule has 0 bridgehead atoms. The molecule has 0 radical (unpaired) electrons. The average Bonchev–Trinajstić information content (AvgIpc) is 2.74. The van der Waals surface area contributed by atoms with Gasteiger partial charge >= 0.3 is 0 Å². The summed E-state index contributed by atoms with van der Waals surface area (Å²) in [4.78, 5) is 14.9. The first kappa shape index (κ1) is 19.0. The molecule has 0 spiro atoms. The topological polar surface area (TPSA) is 29.5 Å². The van der Waals surface area contributed by atoms with Crippen molar-refractivity contribution < 1.29 is 9.53 Å². The molecule has 142 valence electrons. The standard InChI is InChI=1S/C23H19Cl2NO2/c24-20-9-5-4-8-18(20)19-11-10-17(14-21(19)25)23(27)26-12-13-28-22(15-26)16-6-2-1-3-7-16/h1-11,14,22H,12-13,15H2. The van der Waals surface area contributed by atoms with E-state index in [-0.39, 0.29) is 12.0 Å². The lowest BCUT2D eigenvalue weighted by Gasteiger charge is -2.33. The molecule has 0 saturated carbocycles. The number of nitrogens with zero attached hydrogens (tertiary/aromatic N) is 1. The van der Waals surface area contributed by atoms with E-state index in [1.807, 2.05) is 65.6 Å². The Labute approximate surface area is 174 Å². The van der Waals surface area contributed by atoms with Crippen LogP contribution in [0.5, 0.6) is 0 Å². The number of hydrogen-bond donors (Lipinski definition) is 0. The summed E-state index contributed by atoms with van der Waals surface area (Å²) < 4.78 is 5.86. The van der Waals surface area contributed by atoms with E-state index in [2.05, 4.69) is 0 Å². The number of amides is 1. The second-order valence-corrected chi connectivity index (χ2v) is 7.51. The highest BCUT2D eigenvalue weighted by Crippen LogP contribution is 2.34. The van der Waals surface area contributed by atoms with Crippen LogP contribution in [0, 0.1) is 0 Å². The number of morpholine rings is 1. The van der Waals surface area contributed by atoms with Crippen molar-refractivity contribution in [3.8, 4) is 11.1 Å². The lowest BCUT2D eigenvalue weighted by Crippen LogP contribution is -2.42. The summed E-state index contributed by atoms with van der Waals surface area (Å²) >= 11 is 12.8. The maximum Gasteiger partial charge on any atom is 0.254 e. The Morgan fingerprint density at radius 2 is 1.61 bits per heavy atom. The third-order valence-electron chi connectivity index (χ3n) is 4.91. The average molecular weight is 412 g/mol. The zero-order valence-corrected chi connectivity index (χ0v) is 16.7. The maximum absolute atomic E-state index is 13.0. The first-order valence-corrected chi connectivity index (χ1v) is 9.89. The SMILES string of the molecule is O=C(c1ccc(-c2ccccc2Cl)c(Cl)c1)N1CCOC(c2ccccc2)C1. The van der Waals surface area contributed by atoms with Gasteiger partial charge in [0.1, 0.15) is 6.10 Å². The fraction of sp³-hybridized carbons (Fsp3) is 0.174. The van der Waals surface area contributed by atoms with Crippen LogP contribution < -0.4 is 0 Å². The van der Waals surface area contributed by atoms with E-state index in [0.717, 1.165) is 16.7 Å². The zero-order valence-electron chi connectivity index (χ0n) is 15.1. The fourth-order valence-corrected chi connectivity index (χ4v) is 3.95. The summed E-state index contributed by atoms with van der Waals surface area (Å²) in [5.41, 5.74) is 3.30. The largest absolute Gasteiger partial charge is 0.370 e. The molecule has 1 fully saturated rings. The minimum Gasteiger partial charge on any atom is -0.370 e. The van der Waals surface area contributed by atoms with Crippen LogP contribution in [0.1, 0.15) is 22.0 Å². The Morgan fingerprint density at radius 3 is 2.36 bits per heavy atom. The van der Waals surface area contributed by atoms with E-state index >= 15 is 0 Å². The van der Waals surface area contributed by atoms with E-state index < -0.39 is 0 Å². The van der Waals surface area contributed by atoms with Gasteiger partial charge in [0.2, 0.25) is 0 Å². The van der Waals surface area contributed by atoms with Gasteiger partial charge in [-0.15, -0.1) is 0 Å². The molecule has 1 heterocycles. The van der Waals surface area contributed by atoms with Gasteiger partial charge in [0.25, 0.3) is 5.91 Å². The molecule has 1 amide bonds. The van der Waals surface area contributed by atoms with Crippen molar-refractivity contribution in [2.45, 2.75) is 6.10 Å². The molecule has 28 heavy (non-hydrogen) atoms. The minimum absolute atomic E-state index is 0.0446. The van der Waals surface area contributed by atoms with Crippen molar-refractivity contribution >= 4 is 29.1 Å². The number of benzene rings is 3. The van der Waals surface area contributed by atoms with Gasteiger partial charge in [-0.25, -0.2) is 0 Å². The monoisotopic (exact) mass is 411 g/mol. The lowest BCUT2D eigenvalue weighted by atomic mass is 10.0. The number of halogens is 2. The van der Waals surface area contributed by atoms with Crippen molar-refractivity contribution in [3.05, 3.63) is 94.0 Å². The van der Waals surface area contributed by atoms with Crippen molar-refractivity contribution in [1.29, 1.82) is 0 Å². The molecule has 1 unspecified atom stereocenters. The van der Waals surface area contributed by atoms with Gasteiger partial charge in [0, 0.05) is 33.3 Å². The minimum atomic E-state index is -0.114. The van der Waals surface area contributed by atoms with Crippen molar-refractivity contribution in [1.82, 2.24) is 4.90 Å². The molecule has 1 saturated heterocycles. The molecule has 0 N–H and O–H groups in total. The van der Waals surface area contributed by atoms with Gasteiger partial charge in [-0.3, -0.25) is 4.79 Å². The normalized spacial score (nSPS) is 16.8. The van der Waals surface area contributed by atoms with Crippen LogP contribution in [0.4, 0.5) is 0 Å². The Hall–Kier alpha value is -2.33. The van der Waals surface area contributed by atoms with Crippen molar-refractivity contribution in [3.63, 3.8) is 0 Å². The molecule has 3 aromatic rings. The predicted octanol–water partition coefficient (Wildman–Crippen LogP) is 5.87. The van der Waals surface area contributed by atoms with Gasteiger partial charge < -0.3 is 9.64 Å². The molecule has 1 aliphatic rings. The van der Waals surface area contributed by atoms with Crippen LogP contribution >= 0.6 is 23.2 Å². The second kappa shape index (κ2) is 8.36. The summed E-state index contributed by atoms with van der Waals surface area (Å²) in [6.45, 7) is 1.59. The highest BCUT2D eigenvalue weighted by Gasteiger charge is 2.26. The Kier molecular flexibility index (Phi) is 5.67. The summed E-state index contributed by atoms with van der Waals surface area (Å²) in [6.07, 6.45) is -0.114. The third-order valence-corrected chi connectivity index (χ3v) is 5.55. The van der Waals surface area contributed by atoms with Gasteiger partial charge in [0.15, 0.2) is 0 Å². The molecule has 3 nitrogen and oxygen atoms in total. The number of ether oxygens (including phenoxy) is 1. The Balaban J connectivity index is 1.55. The van der Waals surface area contributed by atoms with E-state index in [1.54, 1.807) is 12.1 Å². The first-order chi connectivity index (χ1) is 13.6. The fourth-order valence-electron chi connectivity index (χ4n) is 3.43. The quantitative estimate of drug-likeness (QED) is 0.538. The van der Waals surface area contributed by atoms with Gasteiger partial charge in [0.05, 0.1) is 13.2 Å². The number of carbonyl (C=O) groups is 1. The summed E-state index contributed by atoms with van der Waals surface area (Å²) in [5, 5.41) is 1.13. The van der Waals surface area contributed by atoms with Crippen LogP contribution in [-0.4, -0.2) is 30.5 Å². The lowest BCUT2D eigenvalue weighted by molar-refractivity contribution is -0.0228. The smallest absolute Gasteiger partial charge is 0.254 e. The molecule has 1 aliphatic heterocycles. The van der Waals surface area contributed by atoms with Crippen LogP contribution in [0.15, 0.2) is 72.8 Å². The van der Waals surface area contributed by atoms with Crippen LogP contribution in [0.3, 0.4) is 0 Å². The summed E-state index contributed by atoms with van der Waals surface area (Å²) in [5.74, 6) is -0.0446. The van der Waals surface area contributed by atoms with Gasteiger partial charge in [-0.2, -0.15) is 0 Å². The zero-order chi connectivity index (χ0) is 19.5. The van der Waals surface area contributed by atoms with Gasteiger partial charge in [-0.05, 0) is 23.8 Å². The third kappa shape index (κ3) is 3.93.